The molecule has 1 rings (SSSR count). The second kappa shape index (κ2) is 8.32. The molecule has 0 saturated carbocycles. The standard InChI is InChI=1S/C15H22N2O3/c1-11(16)4-3-5-14(18)17-10-12-6-8-13(9-7-12)15(19)20-2/h6-9,11H,3-5,10,16H2,1-2H3,(H,17,18). The van der Waals surface area contributed by atoms with Crippen LogP contribution in [-0.4, -0.2) is 25.0 Å². The first-order valence-electron chi connectivity index (χ1n) is 6.72. The topological polar surface area (TPSA) is 81.4 Å². The fourth-order valence-electron chi connectivity index (χ4n) is 1.75. The zero-order valence-electron chi connectivity index (χ0n) is 12.0. The first kappa shape index (κ1) is 16.2. The number of ether oxygens (including phenoxy) is 1. The Kier molecular flexibility index (Phi) is 6.73. The number of carbonyl (C=O) groups excluding carboxylic acids is 2. The van der Waals surface area contributed by atoms with Crippen molar-refractivity contribution in [2.75, 3.05) is 7.11 Å². The predicted molar refractivity (Wildman–Crippen MR) is 77.1 cm³/mol. The number of methoxy groups -OCH3 is 1. The van der Waals surface area contributed by atoms with Gasteiger partial charge < -0.3 is 15.8 Å². The van der Waals surface area contributed by atoms with E-state index in [4.69, 9.17) is 5.73 Å². The summed E-state index contributed by atoms with van der Waals surface area (Å²) >= 11 is 0. The number of benzene rings is 1. The Morgan fingerprint density at radius 3 is 2.50 bits per heavy atom. The van der Waals surface area contributed by atoms with Crippen molar-refractivity contribution in [3.63, 3.8) is 0 Å². The van der Waals surface area contributed by atoms with E-state index >= 15 is 0 Å². The number of esters is 1. The SMILES string of the molecule is COC(=O)c1ccc(CNC(=O)CCCC(C)N)cc1. The van der Waals surface area contributed by atoms with Crippen molar-refractivity contribution in [1.82, 2.24) is 5.32 Å². The number of rotatable bonds is 7. The fourth-order valence-corrected chi connectivity index (χ4v) is 1.75. The molecule has 1 amide bonds. The predicted octanol–water partition coefficient (Wildman–Crippen LogP) is 1.61. The lowest BCUT2D eigenvalue weighted by molar-refractivity contribution is -0.121. The lowest BCUT2D eigenvalue weighted by atomic mass is 10.1. The van der Waals surface area contributed by atoms with Crippen LogP contribution in [0, 0.1) is 0 Å². The molecule has 0 aliphatic carbocycles. The third kappa shape index (κ3) is 5.84. The average molecular weight is 278 g/mol. The van der Waals surface area contributed by atoms with Gasteiger partial charge in [-0.15, -0.1) is 0 Å². The van der Waals surface area contributed by atoms with E-state index in [1.807, 2.05) is 6.92 Å². The van der Waals surface area contributed by atoms with Gasteiger partial charge in [-0.05, 0) is 37.5 Å². The van der Waals surface area contributed by atoms with Crippen LogP contribution < -0.4 is 11.1 Å². The van der Waals surface area contributed by atoms with E-state index in [9.17, 15) is 9.59 Å². The smallest absolute Gasteiger partial charge is 0.337 e. The summed E-state index contributed by atoms with van der Waals surface area (Å²) in [6, 6.07) is 7.10. The van der Waals surface area contributed by atoms with Gasteiger partial charge in [-0.2, -0.15) is 0 Å². The second-order valence-corrected chi connectivity index (χ2v) is 4.83. The fraction of sp³-hybridized carbons (Fsp3) is 0.467. The number of amides is 1. The van der Waals surface area contributed by atoms with E-state index in [0.717, 1.165) is 18.4 Å². The molecule has 1 aromatic rings. The van der Waals surface area contributed by atoms with E-state index in [2.05, 4.69) is 10.1 Å². The van der Waals surface area contributed by atoms with E-state index < -0.39 is 0 Å². The van der Waals surface area contributed by atoms with Crippen LogP contribution in [-0.2, 0) is 16.1 Å². The molecule has 0 aromatic heterocycles. The molecule has 3 N–H and O–H groups in total. The zero-order valence-corrected chi connectivity index (χ0v) is 12.0. The Morgan fingerprint density at radius 2 is 1.95 bits per heavy atom. The minimum Gasteiger partial charge on any atom is -0.465 e. The molecule has 0 spiro atoms. The lowest BCUT2D eigenvalue weighted by Gasteiger charge is -2.07. The van der Waals surface area contributed by atoms with Crippen LogP contribution in [0.3, 0.4) is 0 Å². The number of nitrogens with two attached hydrogens (primary N) is 1. The maximum Gasteiger partial charge on any atom is 0.337 e. The van der Waals surface area contributed by atoms with Crippen LogP contribution in [0.2, 0.25) is 0 Å². The van der Waals surface area contributed by atoms with Crippen molar-refractivity contribution in [3.05, 3.63) is 35.4 Å². The summed E-state index contributed by atoms with van der Waals surface area (Å²) in [5, 5.41) is 2.84. The van der Waals surface area contributed by atoms with E-state index in [-0.39, 0.29) is 17.9 Å². The summed E-state index contributed by atoms with van der Waals surface area (Å²) < 4.78 is 4.62. The van der Waals surface area contributed by atoms with Gasteiger partial charge in [0.2, 0.25) is 5.91 Å². The zero-order chi connectivity index (χ0) is 15.0. The van der Waals surface area contributed by atoms with Gasteiger partial charge in [0.1, 0.15) is 0 Å². The van der Waals surface area contributed by atoms with Gasteiger partial charge in [-0.25, -0.2) is 4.79 Å². The van der Waals surface area contributed by atoms with Crippen LogP contribution in [0.4, 0.5) is 0 Å². The summed E-state index contributed by atoms with van der Waals surface area (Å²) in [6.07, 6.45) is 2.13. The molecule has 0 saturated heterocycles. The van der Waals surface area contributed by atoms with Gasteiger partial charge in [0.25, 0.3) is 0 Å². The van der Waals surface area contributed by atoms with Gasteiger partial charge in [0.05, 0.1) is 12.7 Å². The van der Waals surface area contributed by atoms with Gasteiger partial charge in [-0.3, -0.25) is 4.79 Å². The normalized spacial score (nSPS) is 11.8. The first-order valence-corrected chi connectivity index (χ1v) is 6.72. The number of hydrogen-bond donors (Lipinski definition) is 2. The minimum atomic E-state index is -0.364. The van der Waals surface area contributed by atoms with E-state index in [1.165, 1.54) is 7.11 Å². The van der Waals surface area contributed by atoms with Gasteiger partial charge in [0.15, 0.2) is 0 Å². The molecule has 5 heteroatoms. The highest BCUT2D eigenvalue weighted by atomic mass is 16.5. The summed E-state index contributed by atoms with van der Waals surface area (Å²) in [5.74, 6) is -0.348. The molecular formula is C15H22N2O3. The molecule has 110 valence electrons. The van der Waals surface area contributed by atoms with Crippen LogP contribution in [0.1, 0.15) is 42.1 Å². The maximum atomic E-state index is 11.6. The minimum absolute atomic E-state index is 0.0164. The van der Waals surface area contributed by atoms with Crippen molar-refractivity contribution in [1.29, 1.82) is 0 Å². The van der Waals surface area contributed by atoms with E-state index in [1.54, 1.807) is 24.3 Å². The first-order chi connectivity index (χ1) is 9.52. The molecule has 5 nitrogen and oxygen atoms in total. The highest BCUT2D eigenvalue weighted by molar-refractivity contribution is 5.89. The Balaban J connectivity index is 2.34. The molecule has 1 unspecified atom stereocenters. The summed E-state index contributed by atoms with van der Waals surface area (Å²) in [4.78, 5) is 22.9. The van der Waals surface area contributed by atoms with Crippen LogP contribution in [0.15, 0.2) is 24.3 Å². The molecule has 0 radical (unpaired) electrons. The number of carbonyl (C=O) groups is 2. The third-order valence-electron chi connectivity index (χ3n) is 2.93. The van der Waals surface area contributed by atoms with Crippen molar-refractivity contribution in [2.45, 2.75) is 38.8 Å². The van der Waals surface area contributed by atoms with Gasteiger partial charge in [0, 0.05) is 19.0 Å². The highest BCUT2D eigenvalue weighted by Crippen LogP contribution is 2.06. The number of hydrogen-bond acceptors (Lipinski definition) is 4. The monoisotopic (exact) mass is 278 g/mol. The summed E-state index contributed by atoms with van der Waals surface area (Å²) in [7, 11) is 1.35. The van der Waals surface area contributed by atoms with Crippen molar-refractivity contribution >= 4 is 11.9 Å². The second-order valence-electron chi connectivity index (χ2n) is 4.83. The highest BCUT2D eigenvalue weighted by Gasteiger charge is 2.05. The molecule has 0 bridgehead atoms. The Bertz CT molecular complexity index is 441. The molecule has 1 atom stereocenters. The van der Waals surface area contributed by atoms with Crippen molar-refractivity contribution in [2.24, 2.45) is 5.73 Å². The van der Waals surface area contributed by atoms with E-state index in [0.29, 0.717) is 18.5 Å². The maximum absolute atomic E-state index is 11.6. The molecule has 0 heterocycles. The van der Waals surface area contributed by atoms with Crippen LogP contribution >= 0.6 is 0 Å². The molecule has 20 heavy (non-hydrogen) atoms. The summed E-state index contributed by atoms with van der Waals surface area (Å²) in [6.45, 7) is 2.39. The Hall–Kier alpha value is -1.88. The third-order valence-corrected chi connectivity index (χ3v) is 2.93. The van der Waals surface area contributed by atoms with Crippen LogP contribution in [0.5, 0.6) is 0 Å². The van der Waals surface area contributed by atoms with Gasteiger partial charge in [-0.1, -0.05) is 12.1 Å². The molecule has 0 aliphatic heterocycles. The Labute approximate surface area is 119 Å². The molecular weight excluding hydrogens is 256 g/mol. The molecule has 1 aromatic carbocycles. The summed E-state index contributed by atoms with van der Waals surface area (Å²) in [5.41, 5.74) is 7.07. The largest absolute Gasteiger partial charge is 0.465 e. The molecule has 0 aliphatic rings. The van der Waals surface area contributed by atoms with Crippen molar-refractivity contribution < 1.29 is 14.3 Å². The van der Waals surface area contributed by atoms with Crippen LogP contribution in [0.25, 0.3) is 0 Å². The molecule has 0 fully saturated rings. The number of nitrogens with one attached hydrogen (secondary N) is 1. The Morgan fingerprint density at radius 1 is 1.30 bits per heavy atom. The lowest BCUT2D eigenvalue weighted by Crippen LogP contribution is -2.23. The van der Waals surface area contributed by atoms with Gasteiger partial charge >= 0.3 is 5.97 Å². The quantitative estimate of drug-likeness (QED) is 0.742. The average Bonchev–Trinajstić information content (AvgIpc) is 2.44. The van der Waals surface area contributed by atoms with Crippen molar-refractivity contribution in [3.8, 4) is 0 Å².